The lowest BCUT2D eigenvalue weighted by Gasteiger charge is -2.44. The van der Waals surface area contributed by atoms with E-state index in [1.165, 1.54) is 0 Å². The van der Waals surface area contributed by atoms with Crippen LogP contribution in [0.3, 0.4) is 0 Å². The fraction of sp³-hybridized carbons (Fsp3) is 0.0128. The molecule has 0 fully saturated rings. The molecule has 2 aromatic heterocycles. The van der Waals surface area contributed by atoms with Gasteiger partial charge in [0.25, 0.3) is 0 Å². The monoisotopic (exact) mass is 1080 g/mol. The highest BCUT2D eigenvalue weighted by Gasteiger charge is 2.54. The van der Waals surface area contributed by atoms with E-state index in [-0.39, 0.29) is 0 Å². The number of nitrogens with zero attached hydrogens (tertiary/aromatic N) is 2. The first kappa shape index (κ1) is 48.8. The van der Waals surface area contributed by atoms with E-state index in [4.69, 9.17) is 8.83 Å². The molecule has 2 heterocycles. The first-order chi connectivity index (χ1) is 41.5. The van der Waals surface area contributed by atoms with Crippen LogP contribution in [0, 0.1) is 0 Å². The number of carbonyl (C=O) groups is 1. The van der Waals surface area contributed by atoms with Crippen LogP contribution in [0.1, 0.15) is 15.9 Å². The fourth-order valence-electron chi connectivity index (χ4n) is 12.9. The van der Waals surface area contributed by atoms with Gasteiger partial charge in [0.15, 0.2) is 0 Å². The van der Waals surface area contributed by atoms with E-state index in [1.807, 2.05) is 133 Å². The van der Waals surface area contributed by atoms with Gasteiger partial charge in [0.05, 0.1) is 11.3 Å². The molecule has 0 radical (unpaired) electrons. The second-order valence-corrected chi connectivity index (χ2v) is 21.5. The second-order valence-electron chi connectivity index (χ2n) is 21.5. The molecule has 16 rings (SSSR count). The molecule has 15 aromatic rings. The van der Waals surface area contributed by atoms with Crippen molar-refractivity contribution in [2.45, 2.75) is 5.72 Å². The number of fused-ring (bicyclic) bond motifs is 12. The van der Waals surface area contributed by atoms with Crippen molar-refractivity contribution in [2.75, 3.05) is 9.80 Å². The van der Waals surface area contributed by atoms with Crippen molar-refractivity contribution in [3.8, 4) is 55.6 Å². The first-order valence-corrected chi connectivity index (χ1v) is 28.3. The Balaban J connectivity index is 1.05. The van der Waals surface area contributed by atoms with Gasteiger partial charge in [-0.2, -0.15) is 0 Å². The average Bonchev–Trinajstić information content (AvgIpc) is 1.25. The van der Waals surface area contributed by atoms with E-state index in [9.17, 15) is 5.11 Å². The first-order valence-electron chi connectivity index (χ1n) is 28.3. The highest BCUT2D eigenvalue weighted by Crippen LogP contribution is 2.58. The molecule has 84 heavy (non-hydrogen) atoms. The Labute approximate surface area is 484 Å². The number of benzene rings is 13. The molecule has 6 heteroatoms. The molecule has 0 amide bonds. The van der Waals surface area contributed by atoms with E-state index in [0.717, 1.165) is 88.2 Å². The van der Waals surface area contributed by atoms with Crippen molar-refractivity contribution in [3.05, 3.63) is 308 Å². The largest absolute Gasteiger partial charge is 0.455 e. The number of aliphatic hydroxyl groups is 1. The molecule has 1 aliphatic carbocycles. The van der Waals surface area contributed by atoms with Gasteiger partial charge in [-0.15, -0.1) is 0 Å². The van der Waals surface area contributed by atoms with Crippen LogP contribution in [0.5, 0.6) is 0 Å². The molecule has 0 spiro atoms. The van der Waals surface area contributed by atoms with Gasteiger partial charge >= 0.3 is 0 Å². The zero-order valence-electron chi connectivity index (χ0n) is 45.4. The number of hydrogen-bond acceptors (Lipinski definition) is 6. The summed E-state index contributed by atoms with van der Waals surface area (Å²) in [5.41, 5.74) is 13.3. The van der Waals surface area contributed by atoms with Gasteiger partial charge in [0.1, 0.15) is 22.3 Å². The van der Waals surface area contributed by atoms with Gasteiger partial charge < -0.3 is 23.7 Å². The molecule has 0 saturated heterocycles. The molecule has 0 saturated carbocycles. The average molecular weight is 1080 g/mol. The number of furan rings is 2. The van der Waals surface area contributed by atoms with Crippen LogP contribution in [0.15, 0.2) is 306 Å². The number of anilines is 5. The Morgan fingerprint density at radius 3 is 1.45 bits per heavy atom. The van der Waals surface area contributed by atoms with Crippen molar-refractivity contribution in [1.82, 2.24) is 0 Å². The van der Waals surface area contributed by atoms with Gasteiger partial charge in [0, 0.05) is 78.2 Å². The SMILES string of the molecule is O=C1c2c(N(c3ccccc3)c3ccc4ccccc4c3)cc3oc4c(-c5ccccc5)cccc4c3c2-c2c(ccc3c2oc2c(-c4ccc(-c5ccccc5)cc4)cccc23)C1(O)N(c1ccccc1)c1ccc(-c2ccccc2)cc1. The summed E-state index contributed by atoms with van der Waals surface area (Å²) < 4.78 is 14.9. The van der Waals surface area contributed by atoms with E-state index in [2.05, 4.69) is 169 Å². The number of hydrogen-bond donors (Lipinski definition) is 1. The van der Waals surface area contributed by atoms with E-state index in [0.29, 0.717) is 61.6 Å². The van der Waals surface area contributed by atoms with E-state index < -0.39 is 11.5 Å². The minimum Gasteiger partial charge on any atom is -0.455 e. The lowest BCUT2D eigenvalue weighted by molar-refractivity contribution is 0.0328. The summed E-state index contributed by atoms with van der Waals surface area (Å²) in [5, 5.41) is 20.3. The van der Waals surface area contributed by atoms with Gasteiger partial charge in [0.2, 0.25) is 11.5 Å². The summed E-state index contributed by atoms with van der Waals surface area (Å²) in [4.78, 5) is 21.4. The van der Waals surface area contributed by atoms with Crippen molar-refractivity contribution in [1.29, 1.82) is 0 Å². The van der Waals surface area contributed by atoms with Crippen LogP contribution in [0.2, 0.25) is 0 Å². The molecular weight excluding hydrogens is 1030 g/mol. The highest BCUT2D eigenvalue weighted by molar-refractivity contribution is 6.30. The molecule has 1 aliphatic rings. The maximum absolute atomic E-state index is 17.5. The zero-order chi connectivity index (χ0) is 55.9. The van der Waals surface area contributed by atoms with Gasteiger partial charge in [-0.3, -0.25) is 4.79 Å². The third-order valence-corrected chi connectivity index (χ3v) is 16.8. The lowest BCUT2D eigenvalue weighted by atomic mass is 9.74. The summed E-state index contributed by atoms with van der Waals surface area (Å²) in [6.45, 7) is 0. The number of ketones is 1. The normalized spacial score (nSPS) is 13.8. The van der Waals surface area contributed by atoms with Gasteiger partial charge in [-0.25, -0.2) is 0 Å². The van der Waals surface area contributed by atoms with Crippen molar-refractivity contribution in [3.63, 3.8) is 0 Å². The van der Waals surface area contributed by atoms with Crippen molar-refractivity contribution < 1.29 is 18.7 Å². The summed E-state index contributed by atoms with van der Waals surface area (Å²) >= 11 is 0. The third-order valence-electron chi connectivity index (χ3n) is 16.8. The standard InChI is InChI=1S/C78H50N2O4/c81-77-72-68(79(58-28-12-4-13-29-58)61-45-42-52-24-16-17-27-57(52)48-61)49-69-70(66-35-19-33-62(75(66)83-69)55-25-10-3-11-26-55)73(72)71-67(78(77,82)80(59-30-14-5-15-31-59)60-43-40-54(41-44-60)51-22-8-2-9-23-51)47-46-65-64-34-18-32-63(74(64)84-76(65)71)56-38-36-53(37-39-56)50-20-6-1-7-21-50/h1-49,82H. The molecule has 396 valence electrons. The van der Waals surface area contributed by atoms with E-state index >= 15 is 4.79 Å². The number of carbonyl (C=O) groups excluding carboxylic acids is 1. The Morgan fingerprint density at radius 1 is 0.333 bits per heavy atom. The molecule has 13 aromatic carbocycles. The summed E-state index contributed by atoms with van der Waals surface area (Å²) in [7, 11) is 0. The van der Waals surface area contributed by atoms with Crippen LogP contribution in [0.4, 0.5) is 28.4 Å². The highest BCUT2D eigenvalue weighted by atomic mass is 16.3. The Kier molecular flexibility index (Phi) is 11.4. The van der Waals surface area contributed by atoms with Crippen LogP contribution in [-0.4, -0.2) is 10.9 Å². The predicted molar refractivity (Wildman–Crippen MR) is 344 cm³/mol. The number of para-hydroxylation sites is 4. The molecular formula is C78H50N2O4. The Morgan fingerprint density at radius 2 is 0.810 bits per heavy atom. The van der Waals surface area contributed by atoms with Crippen LogP contribution in [-0.2, 0) is 5.72 Å². The quantitative estimate of drug-likeness (QED) is 0.138. The lowest BCUT2D eigenvalue weighted by Crippen LogP contribution is -2.52. The van der Waals surface area contributed by atoms with Gasteiger partial charge in [-0.05, 0) is 98.8 Å². The molecule has 0 bridgehead atoms. The predicted octanol–water partition coefficient (Wildman–Crippen LogP) is 20.6. The number of rotatable bonds is 10. The minimum absolute atomic E-state index is 0.300. The zero-order valence-corrected chi connectivity index (χ0v) is 45.4. The maximum Gasteiger partial charge on any atom is 0.235 e. The van der Waals surface area contributed by atoms with Crippen LogP contribution in [0.25, 0.3) is 110 Å². The van der Waals surface area contributed by atoms with Crippen LogP contribution >= 0.6 is 0 Å². The van der Waals surface area contributed by atoms with Crippen molar-refractivity contribution >= 4 is 88.9 Å². The molecule has 0 aliphatic heterocycles. The molecule has 1 N–H and O–H groups in total. The van der Waals surface area contributed by atoms with E-state index in [1.54, 1.807) is 4.90 Å². The smallest absolute Gasteiger partial charge is 0.235 e. The third kappa shape index (κ3) is 7.73. The maximum atomic E-state index is 17.5. The molecule has 1 atom stereocenters. The summed E-state index contributed by atoms with van der Waals surface area (Å²) in [6.07, 6.45) is 0. The Hall–Kier alpha value is -11.1. The second kappa shape index (κ2) is 19.6. The molecule has 6 nitrogen and oxygen atoms in total. The summed E-state index contributed by atoms with van der Waals surface area (Å²) in [5.74, 6) is -0.525. The van der Waals surface area contributed by atoms with Crippen LogP contribution < -0.4 is 9.80 Å². The van der Waals surface area contributed by atoms with Crippen molar-refractivity contribution in [2.24, 2.45) is 0 Å². The summed E-state index contributed by atoms with van der Waals surface area (Å²) in [6, 6.07) is 101. The fourth-order valence-corrected chi connectivity index (χ4v) is 12.9. The van der Waals surface area contributed by atoms with Gasteiger partial charge in [-0.1, -0.05) is 237 Å². The topological polar surface area (TPSA) is 70.1 Å². The molecule has 1 unspecified atom stereocenters. The minimum atomic E-state index is -2.41. The number of Topliss-reactive ketones (excluding diaryl/α,β-unsaturated/α-hetero) is 1. The Bertz CT molecular complexity index is 5020.